The van der Waals surface area contributed by atoms with Gasteiger partial charge in [0.1, 0.15) is 11.9 Å². The van der Waals surface area contributed by atoms with Crippen molar-refractivity contribution >= 4 is 0 Å². The van der Waals surface area contributed by atoms with Crippen molar-refractivity contribution in [3.63, 3.8) is 0 Å². The van der Waals surface area contributed by atoms with Crippen LogP contribution >= 0.6 is 0 Å². The van der Waals surface area contributed by atoms with Gasteiger partial charge < -0.3 is 4.74 Å². The molecule has 1 aromatic rings. The van der Waals surface area contributed by atoms with Crippen LogP contribution in [-0.2, 0) is 5.41 Å². The highest BCUT2D eigenvalue weighted by Gasteiger charge is 2.44. The third-order valence-electron chi connectivity index (χ3n) is 7.96. The van der Waals surface area contributed by atoms with Crippen molar-refractivity contribution in [2.24, 2.45) is 23.7 Å². The lowest BCUT2D eigenvalue weighted by Gasteiger charge is -2.30. The molecular weight excluding hydrogens is 304 g/mol. The third kappa shape index (κ3) is 2.82. The summed E-state index contributed by atoms with van der Waals surface area (Å²) in [5.41, 5.74) is 3.25. The van der Waals surface area contributed by atoms with Crippen molar-refractivity contribution in [1.29, 1.82) is 0 Å². The van der Waals surface area contributed by atoms with Gasteiger partial charge in [0.05, 0.1) is 0 Å². The Morgan fingerprint density at radius 2 is 1.56 bits per heavy atom. The van der Waals surface area contributed by atoms with Crippen LogP contribution in [0.2, 0.25) is 0 Å². The molecule has 6 unspecified atom stereocenters. The van der Waals surface area contributed by atoms with Crippen LogP contribution in [0, 0.1) is 23.7 Å². The van der Waals surface area contributed by atoms with E-state index in [1.807, 2.05) is 0 Å². The van der Waals surface area contributed by atoms with E-state index in [0.29, 0.717) is 6.10 Å². The van der Waals surface area contributed by atoms with Gasteiger partial charge in [-0.1, -0.05) is 39.3 Å². The van der Waals surface area contributed by atoms with E-state index in [2.05, 4.69) is 39.0 Å². The van der Waals surface area contributed by atoms with Gasteiger partial charge in [-0.2, -0.15) is 0 Å². The topological polar surface area (TPSA) is 9.23 Å². The predicted octanol–water partition coefficient (Wildman–Crippen LogP) is 6.46. The van der Waals surface area contributed by atoms with Crippen molar-refractivity contribution in [2.75, 3.05) is 0 Å². The van der Waals surface area contributed by atoms with Gasteiger partial charge in [0.2, 0.25) is 0 Å². The highest BCUT2D eigenvalue weighted by atomic mass is 16.5. The summed E-state index contributed by atoms with van der Waals surface area (Å²) < 4.78 is 6.73. The standard InChI is InChI=1S/C24H34O/c1-24(2,3)19-8-9-22(25-23-13-16-5-7-18(23)11-16)21(14-19)20-12-15-4-6-17(20)10-15/h8-9,14-18,20,23H,4-7,10-13H2,1-3H3. The molecule has 0 amide bonds. The van der Waals surface area contributed by atoms with E-state index in [9.17, 15) is 0 Å². The quantitative estimate of drug-likeness (QED) is 0.615. The smallest absolute Gasteiger partial charge is 0.123 e. The highest BCUT2D eigenvalue weighted by molar-refractivity contribution is 5.43. The van der Waals surface area contributed by atoms with Crippen LogP contribution in [0.15, 0.2) is 18.2 Å². The number of benzene rings is 1. The average Bonchev–Trinajstić information content (AvgIpc) is 3.35. The SMILES string of the molecule is CC(C)(C)c1ccc(OC2CC3CCC2C3)c(C2CC3CCC2C3)c1. The van der Waals surface area contributed by atoms with Crippen LogP contribution in [0.3, 0.4) is 0 Å². The fraction of sp³-hybridized carbons (Fsp3) is 0.750. The fourth-order valence-corrected chi connectivity index (χ4v) is 6.53. The molecule has 4 aliphatic rings. The lowest BCUT2D eigenvalue weighted by molar-refractivity contribution is 0.135. The Bertz CT molecular complexity index is 655. The molecule has 25 heavy (non-hydrogen) atoms. The lowest BCUT2D eigenvalue weighted by atomic mass is 9.79. The first-order chi connectivity index (χ1) is 12.0. The summed E-state index contributed by atoms with van der Waals surface area (Å²) in [5, 5.41) is 0. The third-order valence-corrected chi connectivity index (χ3v) is 7.96. The lowest BCUT2D eigenvalue weighted by Crippen LogP contribution is -2.25. The summed E-state index contributed by atoms with van der Waals surface area (Å²) in [7, 11) is 0. The Kier molecular flexibility index (Phi) is 3.74. The normalized spacial score (nSPS) is 39.3. The van der Waals surface area contributed by atoms with Gasteiger partial charge in [-0.3, -0.25) is 0 Å². The Morgan fingerprint density at radius 3 is 2.12 bits per heavy atom. The summed E-state index contributed by atoms with van der Waals surface area (Å²) in [6.07, 6.45) is 11.9. The predicted molar refractivity (Wildman–Crippen MR) is 103 cm³/mol. The zero-order valence-corrected chi connectivity index (χ0v) is 16.3. The molecule has 136 valence electrons. The molecule has 4 aliphatic carbocycles. The number of hydrogen-bond donors (Lipinski definition) is 0. The van der Waals surface area contributed by atoms with Crippen molar-refractivity contribution < 1.29 is 4.74 Å². The fourth-order valence-electron chi connectivity index (χ4n) is 6.53. The molecule has 0 aliphatic heterocycles. The largest absolute Gasteiger partial charge is 0.490 e. The first kappa shape index (κ1) is 16.2. The minimum absolute atomic E-state index is 0.220. The van der Waals surface area contributed by atoms with E-state index >= 15 is 0 Å². The maximum atomic E-state index is 6.73. The molecular formula is C24H34O. The highest BCUT2D eigenvalue weighted by Crippen LogP contribution is 2.55. The molecule has 0 saturated heterocycles. The molecule has 1 nitrogen and oxygen atoms in total. The molecule has 5 rings (SSSR count). The summed E-state index contributed by atoms with van der Waals surface area (Å²) in [4.78, 5) is 0. The van der Waals surface area contributed by atoms with Crippen LogP contribution in [0.25, 0.3) is 0 Å². The molecule has 0 spiro atoms. The Morgan fingerprint density at radius 1 is 0.840 bits per heavy atom. The van der Waals surface area contributed by atoms with Crippen LogP contribution in [0.1, 0.15) is 89.2 Å². The Balaban J connectivity index is 1.47. The maximum Gasteiger partial charge on any atom is 0.123 e. The summed E-state index contributed by atoms with van der Waals surface area (Å²) in [5.74, 6) is 5.69. The minimum Gasteiger partial charge on any atom is -0.490 e. The Hall–Kier alpha value is -0.980. The van der Waals surface area contributed by atoms with Gasteiger partial charge in [-0.25, -0.2) is 0 Å². The van der Waals surface area contributed by atoms with Crippen molar-refractivity contribution in [3.05, 3.63) is 29.3 Å². The number of fused-ring (bicyclic) bond motifs is 4. The van der Waals surface area contributed by atoms with Crippen LogP contribution in [0.5, 0.6) is 5.75 Å². The molecule has 4 saturated carbocycles. The van der Waals surface area contributed by atoms with Gasteiger partial charge in [0.25, 0.3) is 0 Å². The molecule has 4 fully saturated rings. The van der Waals surface area contributed by atoms with E-state index < -0.39 is 0 Å². The van der Waals surface area contributed by atoms with E-state index in [1.54, 1.807) is 5.56 Å². The Labute approximate surface area is 153 Å². The van der Waals surface area contributed by atoms with Gasteiger partial charge in [0, 0.05) is 0 Å². The molecule has 1 aromatic carbocycles. The van der Waals surface area contributed by atoms with Gasteiger partial charge in [-0.05, 0) is 97.1 Å². The van der Waals surface area contributed by atoms with Crippen molar-refractivity contribution in [3.8, 4) is 5.75 Å². The maximum absolute atomic E-state index is 6.73. The molecule has 0 N–H and O–H groups in total. The van der Waals surface area contributed by atoms with Crippen LogP contribution in [-0.4, -0.2) is 6.10 Å². The summed E-state index contributed by atoms with van der Waals surface area (Å²) in [6.45, 7) is 7.01. The van der Waals surface area contributed by atoms with E-state index in [-0.39, 0.29) is 5.41 Å². The first-order valence-corrected chi connectivity index (χ1v) is 10.8. The number of ether oxygens (including phenoxy) is 1. The summed E-state index contributed by atoms with van der Waals surface area (Å²) >= 11 is 0. The monoisotopic (exact) mass is 338 g/mol. The van der Waals surface area contributed by atoms with E-state index in [1.165, 1.54) is 62.7 Å². The molecule has 6 atom stereocenters. The van der Waals surface area contributed by atoms with Crippen LogP contribution in [0.4, 0.5) is 0 Å². The number of rotatable bonds is 3. The zero-order chi connectivity index (χ0) is 17.2. The summed E-state index contributed by atoms with van der Waals surface area (Å²) in [6, 6.07) is 7.18. The second-order valence-corrected chi connectivity index (χ2v) is 10.6. The van der Waals surface area contributed by atoms with E-state index in [4.69, 9.17) is 4.74 Å². The minimum atomic E-state index is 0.220. The molecule has 4 bridgehead atoms. The van der Waals surface area contributed by atoms with Gasteiger partial charge in [-0.15, -0.1) is 0 Å². The van der Waals surface area contributed by atoms with Crippen molar-refractivity contribution in [1.82, 2.24) is 0 Å². The second kappa shape index (κ2) is 5.76. The first-order valence-electron chi connectivity index (χ1n) is 10.8. The molecule has 0 radical (unpaired) electrons. The van der Waals surface area contributed by atoms with Crippen LogP contribution < -0.4 is 4.74 Å². The van der Waals surface area contributed by atoms with Gasteiger partial charge in [0.15, 0.2) is 0 Å². The zero-order valence-electron chi connectivity index (χ0n) is 16.3. The number of hydrogen-bond acceptors (Lipinski definition) is 1. The van der Waals surface area contributed by atoms with E-state index in [0.717, 1.165) is 29.6 Å². The molecule has 0 heterocycles. The van der Waals surface area contributed by atoms with Gasteiger partial charge >= 0.3 is 0 Å². The average molecular weight is 339 g/mol. The van der Waals surface area contributed by atoms with Crippen molar-refractivity contribution in [2.45, 2.75) is 89.6 Å². The second-order valence-electron chi connectivity index (χ2n) is 10.6. The molecule has 0 aromatic heterocycles. The molecule has 1 heteroatoms.